The van der Waals surface area contributed by atoms with Gasteiger partial charge in [0.25, 0.3) is 0 Å². The van der Waals surface area contributed by atoms with Gasteiger partial charge in [0.05, 0.1) is 6.61 Å². The molecule has 1 aliphatic heterocycles. The predicted molar refractivity (Wildman–Crippen MR) is 86.0 cm³/mol. The van der Waals surface area contributed by atoms with E-state index in [4.69, 9.17) is 10.5 Å². The van der Waals surface area contributed by atoms with E-state index >= 15 is 0 Å². The predicted octanol–water partition coefficient (Wildman–Crippen LogP) is -0.918. The van der Waals surface area contributed by atoms with Crippen LogP contribution in [0.5, 0.6) is 0 Å². The molecule has 1 fully saturated rings. The minimum atomic E-state index is -1.27. The second-order valence-electron chi connectivity index (χ2n) is 5.70. The molecule has 1 aliphatic rings. The highest BCUT2D eigenvalue weighted by atomic mass is 16.6. The molecule has 10 nitrogen and oxygen atoms in total. The van der Waals surface area contributed by atoms with Gasteiger partial charge in [0.2, 0.25) is 0 Å². The van der Waals surface area contributed by atoms with E-state index in [1.807, 2.05) is 0 Å². The minimum absolute atomic E-state index is 0.186. The van der Waals surface area contributed by atoms with Crippen molar-refractivity contribution in [3.8, 4) is 11.4 Å². The second-order valence-corrected chi connectivity index (χ2v) is 5.70. The normalized spacial score (nSPS) is 26.4. The van der Waals surface area contributed by atoms with E-state index in [9.17, 15) is 15.3 Å². The number of hydrogen-bond donors (Lipinski definition) is 4. The molecule has 1 saturated heterocycles. The lowest BCUT2D eigenvalue weighted by Crippen LogP contribution is -2.33. The van der Waals surface area contributed by atoms with E-state index in [1.54, 1.807) is 29.1 Å². The maximum absolute atomic E-state index is 10.4. The van der Waals surface area contributed by atoms with Crippen LogP contribution in [-0.4, -0.2) is 64.7 Å². The number of nitrogens with two attached hydrogens (primary N) is 1. The average molecular weight is 344 g/mol. The number of pyridine rings is 1. The smallest absolute Gasteiger partial charge is 0.168 e. The van der Waals surface area contributed by atoms with Crippen LogP contribution in [0.1, 0.15) is 6.23 Å². The van der Waals surface area contributed by atoms with Gasteiger partial charge in [-0.2, -0.15) is 0 Å². The van der Waals surface area contributed by atoms with Crippen LogP contribution < -0.4 is 5.73 Å². The number of anilines is 1. The monoisotopic (exact) mass is 344 g/mol. The van der Waals surface area contributed by atoms with Crippen LogP contribution in [0.4, 0.5) is 5.82 Å². The van der Waals surface area contributed by atoms with Crippen molar-refractivity contribution >= 4 is 17.0 Å². The topological polar surface area (TPSA) is 152 Å². The van der Waals surface area contributed by atoms with Gasteiger partial charge in [0.15, 0.2) is 23.2 Å². The summed E-state index contributed by atoms with van der Waals surface area (Å²) in [4.78, 5) is 16.6. The Morgan fingerprint density at radius 1 is 1.16 bits per heavy atom. The first-order chi connectivity index (χ1) is 12.1. The van der Waals surface area contributed by atoms with Gasteiger partial charge in [-0.3, -0.25) is 9.55 Å². The molecule has 4 heterocycles. The van der Waals surface area contributed by atoms with E-state index in [0.717, 1.165) is 0 Å². The molecular weight excluding hydrogens is 328 g/mol. The fraction of sp³-hybridized carbons (Fsp3) is 0.333. The molecule has 5 N–H and O–H groups in total. The van der Waals surface area contributed by atoms with Gasteiger partial charge in [-0.25, -0.2) is 15.0 Å². The van der Waals surface area contributed by atoms with Crippen LogP contribution in [0, 0.1) is 0 Å². The summed E-state index contributed by atoms with van der Waals surface area (Å²) in [5.74, 6) is 0.616. The molecule has 0 saturated carbocycles. The van der Waals surface area contributed by atoms with Crippen molar-refractivity contribution in [2.24, 2.45) is 0 Å². The van der Waals surface area contributed by atoms with Crippen molar-refractivity contribution in [2.45, 2.75) is 24.5 Å². The standard InChI is InChI=1S/C15H16N6O4/c16-12-9-14(19-6-18-12)21(13(20-9)7-1-3-17-4-2-7)15-11(24)10(23)8(5-22)25-15/h1-4,6,8,10-11,15,22-24H,5H2,(H2,16,18,19)/t8-,10?,11?,15-/m1/s1. The lowest BCUT2D eigenvalue weighted by Gasteiger charge is -2.19. The molecule has 4 atom stereocenters. The SMILES string of the molecule is Nc1ncnc2c1nc(-c1ccncc1)n2[C@@H]1O[C@H](CO)C(O)C1O. The minimum Gasteiger partial charge on any atom is -0.394 e. The van der Waals surface area contributed by atoms with E-state index < -0.39 is 31.1 Å². The molecule has 3 aromatic rings. The summed E-state index contributed by atoms with van der Waals surface area (Å²) in [6.45, 7) is -0.428. The van der Waals surface area contributed by atoms with Gasteiger partial charge in [0.1, 0.15) is 30.5 Å². The van der Waals surface area contributed by atoms with Crippen LogP contribution >= 0.6 is 0 Å². The molecule has 3 aromatic heterocycles. The number of hydrogen-bond acceptors (Lipinski definition) is 9. The first-order valence-electron chi connectivity index (χ1n) is 7.63. The Labute approximate surface area is 141 Å². The van der Waals surface area contributed by atoms with Crippen molar-refractivity contribution in [3.05, 3.63) is 30.9 Å². The Balaban J connectivity index is 1.94. The highest BCUT2D eigenvalue weighted by Gasteiger charge is 2.45. The molecule has 130 valence electrons. The van der Waals surface area contributed by atoms with Gasteiger partial charge >= 0.3 is 0 Å². The molecule has 4 rings (SSSR count). The molecule has 25 heavy (non-hydrogen) atoms. The van der Waals surface area contributed by atoms with Crippen molar-refractivity contribution in [3.63, 3.8) is 0 Å². The summed E-state index contributed by atoms with van der Waals surface area (Å²) >= 11 is 0. The number of aliphatic hydroxyl groups excluding tert-OH is 3. The summed E-state index contributed by atoms with van der Waals surface area (Å²) in [6, 6.07) is 3.48. The lowest BCUT2D eigenvalue weighted by atomic mass is 10.1. The van der Waals surface area contributed by atoms with Crippen molar-refractivity contribution in [1.82, 2.24) is 24.5 Å². The van der Waals surface area contributed by atoms with E-state index in [1.165, 1.54) is 6.33 Å². The average Bonchev–Trinajstić information content (AvgIpc) is 3.15. The number of ether oxygens (including phenoxy) is 1. The molecule has 10 heteroatoms. The largest absolute Gasteiger partial charge is 0.394 e. The summed E-state index contributed by atoms with van der Waals surface area (Å²) < 4.78 is 7.19. The number of fused-ring (bicyclic) bond motifs is 1. The van der Waals surface area contributed by atoms with Crippen LogP contribution in [0.25, 0.3) is 22.6 Å². The van der Waals surface area contributed by atoms with Gasteiger partial charge in [0, 0.05) is 18.0 Å². The zero-order valence-electron chi connectivity index (χ0n) is 13.0. The summed E-state index contributed by atoms with van der Waals surface area (Å²) in [5.41, 5.74) is 7.31. The Morgan fingerprint density at radius 3 is 2.60 bits per heavy atom. The van der Waals surface area contributed by atoms with E-state index in [2.05, 4.69) is 19.9 Å². The fourth-order valence-electron chi connectivity index (χ4n) is 2.97. The fourth-order valence-corrected chi connectivity index (χ4v) is 2.97. The molecule has 0 radical (unpaired) electrons. The molecule has 2 unspecified atom stereocenters. The number of nitrogens with zero attached hydrogens (tertiary/aromatic N) is 5. The lowest BCUT2D eigenvalue weighted by molar-refractivity contribution is -0.0503. The zero-order valence-corrected chi connectivity index (χ0v) is 13.0. The maximum atomic E-state index is 10.4. The quantitative estimate of drug-likeness (QED) is 0.472. The molecule has 0 amide bonds. The van der Waals surface area contributed by atoms with Crippen molar-refractivity contribution in [2.75, 3.05) is 12.3 Å². The number of aliphatic hydroxyl groups is 3. The number of nitrogen functional groups attached to an aromatic ring is 1. The van der Waals surface area contributed by atoms with Gasteiger partial charge in [-0.05, 0) is 12.1 Å². The highest BCUT2D eigenvalue weighted by Crippen LogP contribution is 2.36. The van der Waals surface area contributed by atoms with E-state index in [-0.39, 0.29) is 5.82 Å². The Kier molecular flexibility index (Phi) is 3.81. The van der Waals surface area contributed by atoms with Gasteiger partial charge in [-0.1, -0.05) is 0 Å². The van der Waals surface area contributed by atoms with E-state index in [0.29, 0.717) is 22.6 Å². The number of rotatable bonds is 3. The van der Waals surface area contributed by atoms with Crippen LogP contribution in [-0.2, 0) is 4.74 Å². The highest BCUT2D eigenvalue weighted by molar-refractivity contribution is 5.85. The van der Waals surface area contributed by atoms with Gasteiger partial charge in [-0.15, -0.1) is 0 Å². The third-order valence-electron chi connectivity index (χ3n) is 4.22. The molecule has 0 aromatic carbocycles. The maximum Gasteiger partial charge on any atom is 0.168 e. The van der Waals surface area contributed by atoms with Gasteiger partial charge < -0.3 is 25.8 Å². The van der Waals surface area contributed by atoms with Crippen molar-refractivity contribution < 1.29 is 20.1 Å². The van der Waals surface area contributed by atoms with Crippen LogP contribution in [0.3, 0.4) is 0 Å². The first kappa shape index (κ1) is 15.8. The van der Waals surface area contributed by atoms with Crippen LogP contribution in [0.2, 0.25) is 0 Å². The Hall–Kier alpha value is -2.66. The molecule has 0 aliphatic carbocycles. The zero-order chi connectivity index (χ0) is 17.6. The van der Waals surface area contributed by atoms with Crippen LogP contribution in [0.15, 0.2) is 30.9 Å². The third kappa shape index (κ3) is 2.43. The third-order valence-corrected chi connectivity index (χ3v) is 4.22. The first-order valence-corrected chi connectivity index (χ1v) is 7.63. The molecule has 0 spiro atoms. The molecular formula is C15H16N6O4. The summed E-state index contributed by atoms with van der Waals surface area (Å²) in [7, 11) is 0. The second kappa shape index (κ2) is 6.01. The van der Waals surface area contributed by atoms with Crippen molar-refractivity contribution in [1.29, 1.82) is 0 Å². The molecule has 0 bridgehead atoms. The Bertz CT molecular complexity index is 902. The number of imidazole rings is 1. The number of aromatic nitrogens is 5. The Morgan fingerprint density at radius 2 is 1.92 bits per heavy atom. The summed E-state index contributed by atoms with van der Waals surface area (Å²) in [5, 5.41) is 29.8. The summed E-state index contributed by atoms with van der Waals surface area (Å²) in [6.07, 6.45) is 0.0734.